The molecule has 0 radical (unpaired) electrons. The largest absolute Gasteiger partial charge is 0.346 e. The van der Waals surface area contributed by atoms with E-state index in [1.807, 2.05) is 0 Å². The Labute approximate surface area is 219 Å². The Morgan fingerprint density at radius 2 is 1.77 bits per heavy atom. The molecule has 198 valence electrons. The molecule has 1 saturated heterocycles. The number of carbonyl (C=O) groups excluding carboxylic acids is 2. The summed E-state index contributed by atoms with van der Waals surface area (Å²) in [5.74, 6) is 9.06. The molecule has 0 aromatic heterocycles. The van der Waals surface area contributed by atoms with Crippen LogP contribution in [0, 0.1) is 52.3 Å². The van der Waals surface area contributed by atoms with Gasteiger partial charge in [-0.15, -0.1) is 0 Å². The van der Waals surface area contributed by atoms with Crippen LogP contribution in [0.5, 0.6) is 0 Å². The first-order valence-corrected chi connectivity index (χ1v) is 15.8. The van der Waals surface area contributed by atoms with Gasteiger partial charge in [-0.1, -0.05) is 78.5 Å². The van der Waals surface area contributed by atoms with Gasteiger partial charge in [0.05, 0.1) is 0 Å². The molecule has 5 fully saturated rings. The topological polar surface area (TPSA) is 46.2 Å². The summed E-state index contributed by atoms with van der Waals surface area (Å²) < 4.78 is 0. The fourth-order valence-corrected chi connectivity index (χ4v) is 10.2. The molecule has 35 heavy (non-hydrogen) atoms. The van der Waals surface area contributed by atoms with E-state index in [9.17, 15) is 9.59 Å². The van der Waals surface area contributed by atoms with E-state index in [0.717, 1.165) is 54.2 Å². The van der Waals surface area contributed by atoms with E-state index >= 15 is 0 Å². The summed E-state index contributed by atoms with van der Waals surface area (Å²) in [6, 6.07) is 0. The van der Waals surface area contributed by atoms with Gasteiger partial charge in [0.25, 0.3) is 5.24 Å². The molecule has 4 heteroatoms. The molecule has 8 atom stereocenters. The summed E-state index contributed by atoms with van der Waals surface area (Å²) in [5.41, 5.74) is 2.09. The molecule has 4 saturated carbocycles. The van der Waals surface area contributed by atoms with Crippen LogP contribution in [-0.4, -0.2) is 23.5 Å². The molecule has 1 heterocycles. The number of carbonyl (C=O) groups is 1. The molecule has 1 aliphatic heterocycles. The molecular weight excluding hydrogens is 450 g/mol. The first-order chi connectivity index (χ1) is 16.7. The molecule has 1 N–H and O–H groups in total. The van der Waals surface area contributed by atoms with Crippen molar-refractivity contribution >= 4 is 22.9 Å². The number of hydrogen-bond donors (Lipinski definition) is 1. The second-order valence-electron chi connectivity index (χ2n) is 13.6. The van der Waals surface area contributed by atoms with Gasteiger partial charge in [0.2, 0.25) is 0 Å². The zero-order chi connectivity index (χ0) is 25.2. The fourth-order valence-electron chi connectivity index (χ4n) is 9.65. The molecule has 0 aromatic rings. The number of nitrogens with one attached hydrogen (secondary N) is 1. The number of thioether (sulfide) groups is 1. The first kappa shape index (κ1) is 27.3. The second-order valence-corrected chi connectivity index (χ2v) is 14.7. The van der Waals surface area contributed by atoms with Crippen molar-refractivity contribution in [2.45, 2.75) is 112 Å². The standard InChI is InChI=1S/C28H46O.C3H5NOS/c1-19(2)9-8-10-20(3)23-12-13-25-22-17-21(18-29)24-11-6-7-15-27(24,4)26(22)14-16-28(23,25)5;5-3-4-1-2-6-3/h19-20,22-26H,6-17H2,1-5H3;1-2H2,(H,4,5)/t20?,22-,23+,24?,25-,26-,27-,28+;/m0./s1. The van der Waals surface area contributed by atoms with Gasteiger partial charge in [-0.05, 0) is 97.2 Å². The number of rotatable bonds is 5. The normalized spacial score (nSPS) is 41.1. The first-order valence-electron chi connectivity index (χ1n) is 14.8. The summed E-state index contributed by atoms with van der Waals surface area (Å²) in [6.45, 7) is 13.3. The molecule has 3 nitrogen and oxygen atoms in total. The Kier molecular flexibility index (Phi) is 8.85. The third-order valence-corrected chi connectivity index (χ3v) is 12.2. The minimum atomic E-state index is 0.120. The Hall–Kier alpha value is -0.730. The summed E-state index contributed by atoms with van der Waals surface area (Å²) in [7, 11) is 0. The second kappa shape index (κ2) is 11.3. The highest BCUT2D eigenvalue weighted by molar-refractivity contribution is 8.13. The quantitative estimate of drug-likeness (QED) is 0.385. The van der Waals surface area contributed by atoms with Crippen LogP contribution in [0.2, 0.25) is 0 Å². The van der Waals surface area contributed by atoms with E-state index in [4.69, 9.17) is 0 Å². The molecular formula is C31H51NO2S. The fraction of sp³-hybridized carbons (Fsp3) is 0.903. The zero-order valence-electron chi connectivity index (χ0n) is 23.2. The molecule has 0 spiro atoms. The van der Waals surface area contributed by atoms with Crippen LogP contribution in [0.4, 0.5) is 4.79 Å². The zero-order valence-corrected chi connectivity index (χ0v) is 24.0. The number of fused-ring (bicyclic) bond motifs is 5. The lowest BCUT2D eigenvalue weighted by Gasteiger charge is -2.60. The van der Waals surface area contributed by atoms with Crippen LogP contribution in [-0.2, 0) is 4.79 Å². The number of allylic oxidation sites excluding steroid dienone is 1. The van der Waals surface area contributed by atoms with Crippen molar-refractivity contribution in [1.29, 1.82) is 0 Å². The van der Waals surface area contributed by atoms with Crippen molar-refractivity contribution in [2.24, 2.45) is 52.3 Å². The summed E-state index contributed by atoms with van der Waals surface area (Å²) >= 11 is 1.35. The Morgan fingerprint density at radius 3 is 2.40 bits per heavy atom. The van der Waals surface area contributed by atoms with Gasteiger partial charge in [0, 0.05) is 17.9 Å². The van der Waals surface area contributed by atoms with Crippen LogP contribution in [0.3, 0.4) is 0 Å². The lowest BCUT2D eigenvalue weighted by Crippen LogP contribution is -2.53. The maximum atomic E-state index is 12.0. The van der Waals surface area contributed by atoms with Crippen LogP contribution >= 0.6 is 11.8 Å². The van der Waals surface area contributed by atoms with E-state index in [2.05, 4.69) is 45.9 Å². The summed E-state index contributed by atoms with van der Waals surface area (Å²) in [4.78, 5) is 22.1. The predicted octanol–water partition coefficient (Wildman–Crippen LogP) is 8.31. The van der Waals surface area contributed by atoms with Crippen molar-refractivity contribution in [3.8, 4) is 0 Å². The molecule has 5 aliphatic rings. The van der Waals surface area contributed by atoms with Crippen LogP contribution < -0.4 is 5.32 Å². The maximum Gasteiger partial charge on any atom is 0.279 e. The van der Waals surface area contributed by atoms with Crippen molar-refractivity contribution in [3.63, 3.8) is 0 Å². The van der Waals surface area contributed by atoms with Gasteiger partial charge in [-0.2, -0.15) is 0 Å². The average molecular weight is 502 g/mol. The molecule has 0 bridgehead atoms. The number of hydrogen-bond acceptors (Lipinski definition) is 3. The molecule has 5 rings (SSSR count). The molecule has 4 aliphatic carbocycles. The summed E-state index contributed by atoms with van der Waals surface area (Å²) in [6.07, 6.45) is 16.3. The average Bonchev–Trinajstić information content (AvgIpc) is 3.44. The maximum absolute atomic E-state index is 12.0. The van der Waals surface area contributed by atoms with Crippen molar-refractivity contribution < 1.29 is 9.59 Å². The van der Waals surface area contributed by atoms with Gasteiger partial charge < -0.3 is 5.32 Å². The van der Waals surface area contributed by atoms with Gasteiger partial charge in [-0.3, -0.25) is 4.79 Å². The number of amides is 1. The van der Waals surface area contributed by atoms with E-state index in [-0.39, 0.29) is 5.24 Å². The van der Waals surface area contributed by atoms with E-state index in [1.54, 1.807) is 0 Å². The molecule has 1 amide bonds. The highest BCUT2D eigenvalue weighted by atomic mass is 32.2. The van der Waals surface area contributed by atoms with E-state index < -0.39 is 0 Å². The van der Waals surface area contributed by atoms with Gasteiger partial charge in [0.15, 0.2) is 0 Å². The van der Waals surface area contributed by atoms with Crippen molar-refractivity contribution in [2.75, 3.05) is 12.3 Å². The van der Waals surface area contributed by atoms with Gasteiger partial charge in [0.1, 0.15) is 5.94 Å². The van der Waals surface area contributed by atoms with Gasteiger partial charge in [-0.25, -0.2) is 4.79 Å². The minimum absolute atomic E-state index is 0.120. The van der Waals surface area contributed by atoms with Crippen LogP contribution in [0.25, 0.3) is 0 Å². The lowest BCUT2D eigenvalue weighted by molar-refractivity contribution is -0.0934. The van der Waals surface area contributed by atoms with Crippen molar-refractivity contribution in [1.82, 2.24) is 5.32 Å². The molecule has 2 unspecified atom stereocenters. The highest BCUT2D eigenvalue weighted by Gasteiger charge is 2.61. The van der Waals surface area contributed by atoms with Crippen LogP contribution in [0.15, 0.2) is 5.57 Å². The van der Waals surface area contributed by atoms with E-state index in [1.165, 1.54) is 88.0 Å². The lowest BCUT2D eigenvalue weighted by atomic mass is 9.43. The van der Waals surface area contributed by atoms with E-state index in [0.29, 0.717) is 16.7 Å². The predicted molar refractivity (Wildman–Crippen MR) is 148 cm³/mol. The third kappa shape index (κ3) is 5.45. The Bertz CT molecular complexity index is 796. The smallest absolute Gasteiger partial charge is 0.279 e. The summed E-state index contributed by atoms with van der Waals surface area (Å²) in [5, 5.41) is 2.76. The van der Waals surface area contributed by atoms with Crippen LogP contribution in [0.1, 0.15) is 112 Å². The Balaban J connectivity index is 0.000000421. The van der Waals surface area contributed by atoms with Gasteiger partial charge >= 0.3 is 0 Å². The third-order valence-electron chi connectivity index (χ3n) is 11.4. The highest BCUT2D eigenvalue weighted by Crippen LogP contribution is 2.69. The minimum Gasteiger partial charge on any atom is -0.346 e. The van der Waals surface area contributed by atoms with Crippen molar-refractivity contribution in [3.05, 3.63) is 5.57 Å². The Morgan fingerprint density at radius 1 is 1.00 bits per heavy atom. The monoisotopic (exact) mass is 501 g/mol. The SMILES string of the molecule is CC(C)CCCC(C)[C@H]1CC[C@H]2[C@@H]3CC(=C=O)C4CCCC[C@]4(C)[C@H]3CC[C@]12C.O=C1NCCS1. The molecule has 0 aromatic carbocycles.